The van der Waals surface area contributed by atoms with E-state index in [0.717, 1.165) is 47.5 Å². The molecule has 0 radical (unpaired) electrons. The van der Waals surface area contributed by atoms with Gasteiger partial charge in [-0.15, -0.1) is 5.10 Å². The second-order valence-electron chi connectivity index (χ2n) is 9.34. The summed E-state index contributed by atoms with van der Waals surface area (Å²) in [5, 5.41) is 21.0. The maximum atomic E-state index is 12.0. The topological polar surface area (TPSA) is 110 Å². The van der Waals surface area contributed by atoms with Gasteiger partial charge >= 0.3 is 5.97 Å². The van der Waals surface area contributed by atoms with Gasteiger partial charge in [0.1, 0.15) is 16.8 Å². The molecule has 0 spiro atoms. The van der Waals surface area contributed by atoms with Crippen molar-refractivity contribution in [3.63, 3.8) is 0 Å². The quantitative estimate of drug-likeness (QED) is 0.394. The van der Waals surface area contributed by atoms with E-state index in [9.17, 15) is 14.7 Å². The zero-order valence-electron chi connectivity index (χ0n) is 21.1. The van der Waals surface area contributed by atoms with E-state index < -0.39 is 5.97 Å². The van der Waals surface area contributed by atoms with Gasteiger partial charge in [-0.25, -0.2) is 4.68 Å². The zero-order chi connectivity index (χ0) is 26.1. The van der Waals surface area contributed by atoms with E-state index in [1.165, 1.54) is 18.1 Å². The number of ether oxygens (including phenoxy) is 1. The van der Waals surface area contributed by atoms with Crippen molar-refractivity contribution in [2.24, 2.45) is 7.05 Å². The highest BCUT2D eigenvalue weighted by Gasteiger charge is 2.27. The van der Waals surface area contributed by atoms with E-state index in [0.29, 0.717) is 11.3 Å². The van der Waals surface area contributed by atoms with E-state index in [2.05, 4.69) is 26.6 Å². The monoisotopic (exact) mass is 499 g/mol. The Bertz CT molecular complexity index is 1480. The fraction of sp³-hybridized carbons (Fsp3) is 0.286. The highest BCUT2D eigenvalue weighted by atomic mass is 16.5. The largest absolute Gasteiger partial charge is 0.494 e. The van der Waals surface area contributed by atoms with Gasteiger partial charge in [0, 0.05) is 44.4 Å². The van der Waals surface area contributed by atoms with Crippen LogP contribution in [0.15, 0.2) is 54.6 Å². The van der Waals surface area contributed by atoms with Gasteiger partial charge in [-0.05, 0) is 65.1 Å². The molecule has 5 rings (SSSR count). The summed E-state index contributed by atoms with van der Waals surface area (Å²) in [5.41, 5.74) is 7.52. The molecule has 9 nitrogen and oxygen atoms in total. The van der Waals surface area contributed by atoms with Crippen LogP contribution in [0.4, 0.5) is 11.4 Å². The molecule has 2 heterocycles. The van der Waals surface area contributed by atoms with Crippen molar-refractivity contribution in [2.45, 2.75) is 32.2 Å². The second kappa shape index (κ2) is 9.93. The van der Waals surface area contributed by atoms with Gasteiger partial charge < -0.3 is 20.1 Å². The van der Waals surface area contributed by atoms with Crippen LogP contribution >= 0.6 is 0 Å². The Kier molecular flexibility index (Phi) is 6.52. The van der Waals surface area contributed by atoms with E-state index in [-0.39, 0.29) is 18.2 Å². The predicted molar refractivity (Wildman–Crippen MR) is 141 cm³/mol. The number of benzene rings is 3. The number of methoxy groups -OCH3 is 1. The maximum absolute atomic E-state index is 12.0. The molecule has 1 atom stereocenters. The number of aliphatic carboxylic acids is 1. The molecule has 1 aliphatic heterocycles. The van der Waals surface area contributed by atoms with E-state index in [1.807, 2.05) is 48.5 Å². The molecule has 1 aliphatic rings. The number of carbonyl (C=O) groups is 2. The number of aryl methyl sites for hydroxylation is 1. The third kappa shape index (κ3) is 4.84. The number of amides is 1. The molecular weight excluding hydrogens is 470 g/mol. The smallest absolute Gasteiger partial charge is 0.304 e. The normalized spacial score (nSPS) is 13.8. The number of nitrogens with one attached hydrogen (secondary N) is 1. The lowest BCUT2D eigenvalue weighted by Crippen LogP contribution is -2.31. The van der Waals surface area contributed by atoms with E-state index in [4.69, 9.17) is 4.74 Å². The number of hydrogen-bond donors (Lipinski definition) is 2. The van der Waals surface area contributed by atoms with Gasteiger partial charge in [0.2, 0.25) is 5.91 Å². The van der Waals surface area contributed by atoms with Gasteiger partial charge in [0.25, 0.3) is 0 Å². The number of carboxylic acids is 1. The average molecular weight is 500 g/mol. The minimum absolute atomic E-state index is 0.0420. The minimum Gasteiger partial charge on any atom is -0.494 e. The summed E-state index contributed by atoms with van der Waals surface area (Å²) in [6.45, 7) is 3.01. The number of nitrogens with zero attached hydrogens (tertiary/aromatic N) is 4. The Morgan fingerprint density at radius 1 is 1.16 bits per heavy atom. The molecule has 190 valence electrons. The zero-order valence-corrected chi connectivity index (χ0v) is 21.1. The Morgan fingerprint density at radius 2 is 1.95 bits per heavy atom. The molecule has 0 saturated heterocycles. The summed E-state index contributed by atoms with van der Waals surface area (Å²) in [6.07, 6.45) is 0.749. The molecule has 4 aromatic rings. The highest BCUT2D eigenvalue weighted by Crippen LogP contribution is 2.38. The van der Waals surface area contributed by atoms with Crippen LogP contribution in [0.5, 0.6) is 5.75 Å². The summed E-state index contributed by atoms with van der Waals surface area (Å²) in [7, 11) is 3.40. The Hall–Kier alpha value is -4.40. The van der Waals surface area contributed by atoms with Crippen LogP contribution in [0.25, 0.3) is 11.0 Å². The van der Waals surface area contributed by atoms with Crippen molar-refractivity contribution >= 4 is 34.3 Å². The lowest BCUT2D eigenvalue weighted by molar-refractivity contribution is -0.137. The van der Waals surface area contributed by atoms with Gasteiger partial charge in [-0.1, -0.05) is 23.4 Å². The molecule has 37 heavy (non-hydrogen) atoms. The number of rotatable bonds is 7. The lowest BCUT2D eigenvalue weighted by atomic mass is 9.82. The molecule has 2 N–H and O–H groups in total. The predicted octanol–water partition coefficient (Wildman–Crippen LogP) is 4.10. The number of fused-ring (bicyclic) bond motifs is 2. The molecule has 0 saturated carbocycles. The average Bonchev–Trinajstić information content (AvgIpc) is 3.26. The molecule has 1 amide bonds. The molecule has 0 fully saturated rings. The number of anilines is 2. The molecule has 0 bridgehead atoms. The third-order valence-electron chi connectivity index (χ3n) is 6.92. The fourth-order valence-electron chi connectivity index (χ4n) is 5.26. The summed E-state index contributed by atoms with van der Waals surface area (Å²) in [4.78, 5) is 25.6. The summed E-state index contributed by atoms with van der Waals surface area (Å²) >= 11 is 0. The standard InChI is InChI=1S/C28H29N5O4/c1-17(34)29-20-7-9-21(10-8-20)33-12-11-22-18(16-33)5-4-6-23(22)24(15-27(35)36)19-13-25-28(26(14-19)37-3)32(2)31-30-25/h4-10,13-14,24H,11-12,15-16H2,1-3H3,(H,29,34)(H,35,36). The molecule has 1 unspecified atom stereocenters. The van der Waals surface area contributed by atoms with Gasteiger partial charge in [-0.3, -0.25) is 9.59 Å². The van der Waals surface area contributed by atoms with Crippen molar-refractivity contribution < 1.29 is 19.4 Å². The molecule has 3 aromatic carbocycles. The summed E-state index contributed by atoms with van der Waals surface area (Å²) < 4.78 is 7.28. The van der Waals surface area contributed by atoms with Crippen molar-refractivity contribution in [1.29, 1.82) is 0 Å². The molecule has 9 heteroatoms. The van der Waals surface area contributed by atoms with Crippen LogP contribution in [0, 0.1) is 0 Å². The van der Waals surface area contributed by atoms with Crippen LogP contribution < -0.4 is 15.0 Å². The minimum atomic E-state index is -0.863. The first kappa shape index (κ1) is 24.3. The van der Waals surface area contributed by atoms with E-state index >= 15 is 0 Å². The lowest BCUT2D eigenvalue weighted by Gasteiger charge is -2.33. The number of carboxylic acid groups (broad SMARTS) is 1. The van der Waals surface area contributed by atoms with Gasteiger partial charge in [-0.2, -0.15) is 0 Å². The number of aromatic nitrogens is 3. The molecule has 0 aliphatic carbocycles. The second-order valence-corrected chi connectivity index (χ2v) is 9.34. The first-order chi connectivity index (χ1) is 17.8. The van der Waals surface area contributed by atoms with Crippen LogP contribution in [-0.4, -0.2) is 45.6 Å². The van der Waals surface area contributed by atoms with Crippen LogP contribution in [0.2, 0.25) is 0 Å². The SMILES string of the molecule is COc1cc(C(CC(=O)O)c2cccc3c2CCN(c2ccc(NC(C)=O)cc2)C3)cc2nnn(C)c12. The fourth-order valence-corrected chi connectivity index (χ4v) is 5.26. The summed E-state index contributed by atoms with van der Waals surface area (Å²) in [6, 6.07) is 17.8. The van der Waals surface area contributed by atoms with Gasteiger partial charge in [0.05, 0.1) is 13.5 Å². The Balaban J connectivity index is 1.49. The third-order valence-corrected chi connectivity index (χ3v) is 6.92. The van der Waals surface area contributed by atoms with E-state index in [1.54, 1.807) is 18.8 Å². The van der Waals surface area contributed by atoms with Crippen molar-refractivity contribution in [3.05, 3.63) is 76.9 Å². The van der Waals surface area contributed by atoms with Crippen LogP contribution in [0.1, 0.15) is 41.5 Å². The molecular formula is C28H29N5O4. The first-order valence-electron chi connectivity index (χ1n) is 12.2. The van der Waals surface area contributed by atoms with Crippen molar-refractivity contribution in [3.8, 4) is 5.75 Å². The molecule has 1 aromatic heterocycles. The Labute approximate surface area is 214 Å². The number of hydrogen-bond acceptors (Lipinski definition) is 6. The maximum Gasteiger partial charge on any atom is 0.304 e. The van der Waals surface area contributed by atoms with Crippen molar-refractivity contribution in [2.75, 3.05) is 23.9 Å². The highest BCUT2D eigenvalue weighted by molar-refractivity contribution is 5.88. The van der Waals surface area contributed by atoms with Crippen LogP contribution in [-0.2, 0) is 29.6 Å². The van der Waals surface area contributed by atoms with Crippen LogP contribution in [0.3, 0.4) is 0 Å². The van der Waals surface area contributed by atoms with Gasteiger partial charge in [0.15, 0.2) is 0 Å². The first-order valence-corrected chi connectivity index (χ1v) is 12.2. The Morgan fingerprint density at radius 3 is 2.65 bits per heavy atom. The summed E-state index contributed by atoms with van der Waals surface area (Å²) in [5.74, 6) is -0.693. The van der Waals surface area contributed by atoms with Crippen molar-refractivity contribution in [1.82, 2.24) is 15.0 Å². The number of carbonyl (C=O) groups excluding carboxylic acids is 1.